The number of aryl methyl sites for hydroxylation is 1. The van der Waals surface area contributed by atoms with E-state index in [2.05, 4.69) is 0 Å². The third-order valence-corrected chi connectivity index (χ3v) is 2.98. The van der Waals surface area contributed by atoms with Gasteiger partial charge in [0, 0.05) is 11.1 Å². The van der Waals surface area contributed by atoms with Gasteiger partial charge in [-0.15, -0.1) is 0 Å². The number of carbonyl (C=O) groups is 2. The minimum atomic E-state index is -0.698. The molecule has 2 aromatic carbocycles. The zero-order chi connectivity index (χ0) is 14.0. The third-order valence-electron chi connectivity index (χ3n) is 2.78. The maximum Gasteiger partial charge on any atom is 0.253 e. The van der Waals surface area contributed by atoms with E-state index in [1.807, 2.05) is 6.92 Å². The van der Waals surface area contributed by atoms with E-state index >= 15 is 0 Å². The van der Waals surface area contributed by atoms with Crippen molar-refractivity contribution in [3.63, 3.8) is 0 Å². The summed E-state index contributed by atoms with van der Waals surface area (Å²) in [4.78, 5) is 23.7. The van der Waals surface area contributed by atoms with Crippen molar-refractivity contribution in [2.45, 2.75) is 6.92 Å². The number of ketones is 1. The van der Waals surface area contributed by atoms with Crippen LogP contribution < -0.4 is 0 Å². The first kappa shape index (κ1) is 13.3. The highest BCUT2D eigenvalue weighted by Crippen LogP contribution is 2.24. The number of rotatable bonds is 3. The molecule has 0 radical (unpaired) electrons. The molecule has 1 N–H and O–H groups in total. The predicted molar refractivity (Wildman–Crippen MR) is 72.9 cm³/mol. The van der Waals surface area contributed by atoms with Crippen molar-refractivity contribution in [2.75, 3.05) is 0 Å². The molecule has 0 saturated heterocycles. The van der Waals surface area contributed by atoms with Gasteiger partial charge in [-0.25, -0.2) is 0 Å². The van der Waals surface area contributed by atoms with Crippen LogP contribution in [-0.2, 0) is 0 Å². The highest BCUT2D eigenvalue weighted by molar-refractivity contribution is 6.68. The van der Waals surface area contributed by atoms with Crippen LogP contribution >= 0.6 is 11.6 Å². The fourth-order valence-corrected chi connectivity index (χ4v) is 1.99. The summed E-state index contributed by atoms with van der Waals surface area (Å²) in [6.45, 7) is 1.81. The summed E-state index contributed by atoms with van der Waals surface area (Å²) in [7, 11) is 0. The predicted octanol–water partition coefficient (Wildman–Crippen LogP) is 3.31. The molecular formula is C15H11ClO3. The smallest absolute Gasteiger partial charge is 0.253 e. The first-order chi connectivity index (χ1) is 9.00. The van der Waals surface area contributed by atoms with Crippen molar-refractivity contribution >= 4 is 22.6 Å². The number of carbonyl (C=O) groups excluding carboxylic acids is 2. The molecule has 0 fully saturated rings. The minimum absolute atomic E-state index is 0.118. The Morgan fingerprint density at radius 2 is 1.63 bits per heavy atom. The van der Waals surface area contributed by atoms with Crippen molar-refractivity contribution in [1.29, 1.82) is 0 Å². The van der Waals surface area contributed by atoms with Crippen LogP contribution in [0.2, 0.25) is 0 Å². The van der Waals surface area contributed by atoms with Crippen LogP contribution in [-0.4, -0.2) is 16.1 Å². The largest absolute Gasteiger partial charge is 0.507 e. The molecule has 96 valence electrons. The van der Waals surface area contributed by atoms with Gasteiger partial charge in [0.1, 0.15) is 5.75 Å². The second kappa shape index (κ2) is 5.24. The lowest BCUT2D eigenvalue weighted by molar-refractivity contribution is 0.102. The Bertz CT molecular complexity index is 662. The van der Waals surface area contributed by atoms with E-state index in [1.165, 1.54) is 18.2 Å². The summed E-state index contributed by atoms with van der Waals surface area (Å²) < 4.78 is 0. The van der Waals surface area contributed by atoms with E-state index in [0.29, 0.717) is 0 Å². The maximum atomic E-state index is 12.4. The third kappa shape index (κ3) is 2.66. The van der Waals surface area contributed by atoms with E-state index in [0.717, 1.165) is 5.56 Å². The molecule has 0 amide bonds. The van der Waals surface area contributed by atoms with E-state index in [-0.39, 0.29) is 22.4 Å². The number of hydrogen-bond donors (Lipinski definition) is 1. The first-order valence-electron chi connectivity index (χ1n) is 5.64. The van der Waals surface area contributed by atoms with E-state index < -0.39 is 11.0 Å². The van der Waals surface area contributed by atoms with E-state index in [1.54, 1.807) is 24.3 Å². The van der Waals surface area contributed by atoms with Crippen molar-refractivity contribution in [3.8, 4) is 5.75 Å². The lowest BCUT2D eigenvalue weighted by atomic mass is 9.97. The highest BCUT2D eigenvalue weighted by Gasteiger charge is 2.19. The SMILES string of the molecule is Cc1ccc(O)c(C(=O)c2ccccc2C(=O)Cl)c1. The van der Waals surface area contributed by atoms with Gasteiger partial charge < -0.3 is 5.11 Å². The van der Waals surface area contributed by atoms with Gasteiger partial charge in [0.2, 0.25) is 0 Å². The van der Waals surface area contributed by atoms with Crippen LogP contribution in [0.1, 0.15) is 31.8 Å². The van der Waals surface area contributed by atoms with Crippen molar-refractivity contribution < 1.29 is 14.7 Å². The Labute approximate surface area is 115 Å². The fourth-order valence-electron chi connectivity index (χ4n) is 1.83. The molecule has 4 heteroatoms. The molecule has 3 nitrogen and oxygen atoms in total. The van der Waals surface area contributed by atoms with Crippen LogP contribution in [0.15, 0.2) is 42.5 Å². The Balaban J connectivity index is 2.56. The van der Waals surface area contributed by atoms with Crippen LogP contribution in [0, 0.1) is 6.92 Å². The summed E-state index contributed by atoms with van der Waals surface area (Å²) >= 11 is 5.46. The van der Waals surface area contributed by atoms with Gasteiger partial charge in [0.05, 0.1) is 5.56 Å². The number of aromatic hydroxyl groups is 1. The maximum absolute atomic E-state index is 12.4. The molecular weight excluding hydrogens is 264 g/mol. The van der Waals surface area contributed by atoms with Crippen LogP contribution in [0.5, 0.6) is 5.75 Å². The van der Waals surface area contributed by atoms with Crippen LogP contribution in [0.3, 0.4) is 0 Å². The van der Waals surface area contributed by atoms with Gasteiger partial charge in [-0.3, -0.25) is 9.59 Å². The second-order valence-corrected chi connectivity index (χ2v) is 4.51. The summed E-state index contributed by atoms with van der Waals surface area (Å²) in [6, 6.07) is 11.0. The van der Waals surface area contributed by atoms with Crippen molar-refractivity contribution in [1.82, 2.24) is 0 Å². The molecule has 0 aliphatic rings. The monoisotopic (exact) mass is 274 g/mol. The lowest BCUT2D eigenvalue weighted by Crippen LogP contribution is -2.07. The van der Waals surface area contributed by atoms with Crippen LogP contribution in [0.25, 0.3) is 0 Å². The van der Waals surface area contributed by atoms with Gasteiger partial charge in [-0.1, -0.05) is 29.8 Å². The number of hydrogen-bond acceptors (Lipinski definition) is 3. The van der Waals surface area contributed by atoms with E-state index in [4.69, 9.17) is 11.6 Å². The molecule has 0 saturated carbocycles. The molecule has 19 heavy (non-hydrogen) atoms. The lowest BCUT2D eigenvalue weighted by Gasteiger charge is -2.07. The topological polar surface area (TPSA) is 54.4 Å². The fraction of sp³-hybridized carbons (Fsp3) is 0.0667. The normalized spacial score (nSPS) is 10.2. The zero-order valence-electron chi connectivity index (χ0n) is 10.2. The molecule has 2 rings (SSSR count). The first-order valence-corrected chi connectivity index (χ1v) is 6.01. The van der Waals surface area contributed by atoms with Gasteiger partial charge in [-0.2, -0.15) is 0 Å². The summed E-state index contributed by atoms with van der Waals surface area (Å²) in [6.07, 6.45) is 0. The van der Waals surface area contributed by atoms with Crippen molar-refractivity contribution in [3.05, 3.63) is 64.7 Å². The zero-order valence-corrected chi connectivity index (χ0v) is 10.9. The average molecular weight is 275 g/mol. The summed E-state index contributed by atoms with van der Waals surface area (Å²) in [5, 5.41) is 9.06. The Hall–Kier alpha value is -2.13. The van der Waals surface area contributed by atoms with Crippen molar-refractivity contribution in [2.24, 2.45) is 0 Å². The molecule has 0 unspecified atom stereocenters. The molecule has 0 aliphatic heterocycles. The Kier molecular flexibility index (Phi) is 3.67. The average Bonchev–Trinajstić information content (AvgIpc) is 2.40. The molecule has 0 aliphatic carbocycles. The second-order valence-electron chi connectivity index (χ2n) is 4.17. The minimum Gasteiger partial charge on any atom is -0.507 e. The molecule has 0 aromatic heterocycles. The summed E-state index contributed by atoms with van der Waals surface area (Å²) in [5.74, 6) is -0.543. The van der Waals surface area contributed by atoms with Gasteiger partial charge in [0.15, 0.2) is 5.78 Å². The van der Waals surface area contributed by atoms with Gasteiger partial charge >= 0.3 is 0 Å². The number of phenolic OH excluding ortho intramolecular Hbond substituents is 1. The number of halogens is 1. The molecule has 0 heterocycles. The quantitative estimate of drug-likeness (QED) is 0.690. The standard InChI is InChI=1S/C15H11ClO3/c1-9-6-7-13(17)12(8-9)14(18)10-4-2-3-5-11(10)15(16)19/h2-8,17H,1H3. The van der Waals surface area contributed by atoms with Crippen LogP contribution in [0.4, 0.5) is 0 Å². The highest BCUT2D eigenvalue weighted by atomic mass is 35.5. The van der Waals surface area contributed by atoms with E-state index in [9.17, 15) is 14.7 Å². The number of phenols is 1. The van der Waals surface area contributed by atoms with Gasteiger partial charge in [0.25, 0.3) is 5.24 Å². The summed E-state index contributed by atoms with van der Waals surface area (Å²) in [5.41, 5.74) is 1.32. The Morgan fingerprint density at radius 3 is 2.26 bits per heavy atom. The molecule has 0 bridgehead atoms. The number of benzene rings is 2. The molecule has 2 aromatic rings. The molecule has 0 spiro atoms. The molecule has 0 atom stereocenters. The Morgan fingerprint density at radius 1 is 1.00 bits per heavy atom. The van der Waals surface area contributed by atoms with Gasteiger partial charge in [-0.05, 0) is 36.7 Å².